The van der Waals surface area contributed by atoms with Crippen LogP contribution >= 0.6 is 0 Å². The monoisotopic (exact) mass is 410 g/mol. The average molecular weight is 411 g/mol. The second kappa shape index (κ2) is 7.02. The lowest BCUT2D eigenvalue weighted by molar-refractivity contribution is 0.0135. The van der Waals surface area contributed by atoms with E-state index in [2.05, 4.69) is 9.55 Å². The molecule has 0 atom stereocenters. The summed E-state index contributed by atoms with van der Waals surface area (Å²) in [5, 5.41) is -0.518. The highest BCUT2D eigenvalue weighted by Gasteiger charge is 2.45. The molecule has 1 aromatic rings. The molecule has 3 aliphatic heterocycles. The lowest BCUT2D eigenvalue weighted by atomic mass is 9.95. The number of aryl methyl sites for hydroxylation is 1. The van der Waals surface area contributed by atoms with Gasteiger partial charge in [-0.25, -0.2) is 22.5 Å². The predicted octanol–water partition coefficient (Wildman–Crippen LogP) is 1.96. The highest BCUT2D eigenvalue weighted by atomic mass is 32.2. The number of sulfonamides is 1. The summed E-state index contributed by atoms with van der Waals surface area (Å²) in [6, 6.07) is 0. The van der Waals surface area contributed by atoms with Gasteiger partial charge in [0.25, 0.3) is 0 Å². The first-order valence-corrected chi connectivity index (χ1v) is 11.7. The Morgan fingerprint density at radius 2 is 1.86 bits per heavy atom. The quantitative estimate of drug-likeness (QED) is 0.760. The van der Waals surface area contributed by atoms with Gasteiger partial charge in [-0.1, -0.05) is 0 Å². The van der Waals surface area contributed by atoms with Crippen LogP contribution in [-0.2, 0) is 27.7 Å². The average Bonchev–Trinajstić information content (AvgIpc) is 3.14. The van der Waals surface area contributed by atoms with Crippen molar-refractivity contribution in [2.75, 3.05) is 26.2 Å². The molecule has 8 nitrogen and oxygen atoms in total. The molecule has 0 spiro atoms. The summed E-state index contributed by atoms with van der Waals surface area (Å²) in [5.41, 5.74) is 0.695. The van der Waals surface area contributed by atoms with Gasteiger partial charge in [0, 0.05) is 57.0 Å². The van der Waals surface area contributed by atoms with Crippen LogP contribution in [0.25, 0.3) is 0 Å². The van der Waals surface area contributed by atoms with Gasteiger partial charge in [0.15, 0.2) is 0 Å². The number of hydrogen-bond acceptors (Lipinski definition) is 5. The number of ether oxygens (including phenoxy) is 1. The van der Waals surface area contributed by atoms with E-state index in [0.29, 0.717) is 19.0 Å². The summed E-state index contributed by atoms with van der Waals surface area (Å²) in [4.78, 5) is 18.0. The Morgan fingerprint density at radius 3 is 2.50 bits per heavy atom. The number of nitrogens with zero attached hydrogens (tertiary/aromatic N) is 4. The molecule has 0 saturated carbocycles. The summed E-state index contributed by atoms with van der Waals surface area (Å²) in [6.45, 7) is 7.95. The van der Waals surface area contributed by atoms with Crippen LogP contribution in [0.1, 0.15) is 57.5 Å². The van der Waals surface area contributed by atoms with Crippen LogP contribution in [0.2, 0.25) is 0 Å². The first kappa shape index (κ1) is 19.7. The molecule has 4 heterocycles. The molecule has 0 bridgehead atoms. The molecular formula is C19H30N4O4S. The number of amides is 1. The molecular weight excluding hydrogens is 380 g/mol. The van der Waals surface area contributed by atoms with E-state index in [1.165, 1.54) is 16.4 Å². The number of rotatable bonds is 3. The minimum absolute atomic E-state index is 0.216. The van der Waals surface area contributed by atoms with Gasteiger partial charge in [-0.05, 0) is 40.0 Å². The number of carbonyl (C=O) groups excluding carboxylic acids is 1. The zero-order valence-electron chi connectivity index (χ0n) is 16.9. The van der Waals surface area contributed by atoms with Gasteiger partial charge in [-0.15, -0.1) is 0 Å². The lowest BCUT2D eigenvalue weighted by Gasteiger charge is -2.42. The number of fused-ring (bicyclic) bond motifs is 1. The topological polar surface area (TPSA) is 84.7 Å². The summed E-state index contributed by atoms with van der Waals surface area (Å²) in [6.07, 6.45) is 5.39. The summed E-state index contributed by atoms with van der Waals surface area (Å²) < 4.78 is 35.1. The van der Waals surface area contributed by atoms with Crippen molar-refractivity contribution >= 4 is 16.1 Å². The molecule has 1 amide bonds. The third kappa shape index (κ3) is 3.66. The Kier molecular flexibility index (Phi) is 4.94. The number of hydrogen-bond donors (Lipinski definition) is 0. The molecule has 0 radical (unpaired) electrons. The third-order valence-electron chi connectivity index (χ3n) is 5.90. The Labute approximate surface area is 166 Å². The van der Waals surface area contributed by atoms with Crippen LogP contribution in [0.3, 0.4) is 0 Å². The minimum atomic E-state index is -3.38. The summed E-state index contributed by atoms with van der Waals surface area (Å²) in [5.74, 6) is 1.55. The maximum atomic E-state index is 12.9. The number of piperidine rings is 1. The number of aromatic nitrogens is 2. The Bertz CT molecular complexity index is 844. The number of carbonyl (C=O) groups is 1. The molecule has 2 fully saturated rings. The van der Waals surface area contributed by atoms with Crippen LogP contribution in [0.5, 0.6) is 0 Å². The molecule has 156 valence electrons. The smallest absolute Gasteiger partial charge is 0.410 e. The zero-order chi connectivity index (χ0) is 20.1. The fourth-order valence-corrected chi connectivity index (χ4v) is 6.20. The van der Waals surface area contributed by atoms with Crippen molar-refractivity contribution in [3.8, 4) is 0 Å². The van der Waals surface area contributed by atoms with E-state index in [1.807, 2.05) is 6.20 Å². The largest absolute Gasteiger partial charge is 0.444 e. The van der Waals surface area contributed by atoms with Crippen molar-refractivity contribution in [1.82, 2.24) is 18.8 Å². The number of imidazole rings is 1. The molecule has 2 saturated heterocycles. The van der Waals surface area contributed by atoms with Crippen molar-refractivity contribution in [3.63, 3.8) is 0 Å². The molecule has 28 heavy (non-hydrogen) atoms. The number of likely N-dealkylation sites (tertiary alicyclic amines) is 1. The van der Waals surface area contributed by atoms with Crippen molar-refractivity contribution in [1.29, 1.82) is 0 Å². The van der Waals surface area contributed by atoms with Crippen LogP contribution in [0.4, 0.5) is 4.79 Å². The Morgan fingerprint density at radius 1 is 1.18 bits per heavy atom. The molecule has 1 aromatic heterocycles. The maximum Gasteiger partial charge on any atom is 0.410 e. The first-order valence-electron chi connectivity index (χ1n) is 10.2. The first-order chi connectivity index (χ1) is 13.1. The van der Waals surface area contributed by atoms with E-state index < -0.39 is 27.0 Å². The van der Waals surface area contributed by atoms with Crippen LogP contribution in [0, 0.1) is 0 Å². The highest BCUT2D eigenvalue weighted by Crippen LogP contribution is 2.33. The van der Waals surface area contributed by atoms with Crippen LogP contribution < -0.4 is 0 Å². The molecule has 4 rings (SSSR count). The van der Waals surface area contributed by atoms with Crippen molar-refractivity contribution in [2.24, 2.45) is 0 Å². The van der Waals surface area contributed by atoms with Crippen LogP contribution in [-0.4, -0.2) is 70.3 Å². The van der Waals surface area contributed by atoms with Crippen molar-refractivity contribution in [2.45, 2.75) is 69.8 Å². The van der Waals surface area contributed by atoms with E-state index in [-0.39, 0.29) is 13.1 Å². The SMILES string of the molecule is CC(C)(C)OC(=O)N1CC(S(=O)(=O)N2CCC(c3cnc4n3CCC4)CC2)C1. The van der Waals surface area contributed by atoms with E-state index in [9.17, 15) is 13.2 Å². The minimum Gasteiger partial charge on any atom is -0.444 e. The van der Waals surface area contributed by atoms with Gasteiger partial charge in [-0.3, -0.25) is 0 Å². The second-order valence-electron chi connectivity index (χ2n) is 9.08. The van der Waals surface area contributed by atoms with Gasteiger partial charge in [0.2, 0.25) is 10.0 Å². The van der Waals surface area contributed by atoms with E-state index in [4.69, 9.17) is 4.74 Å². The normalized spacial score (nSPS) is 22.2. The molecule has 0 aliphatic carbocycles. The summed E-state index contributed by atoms with van der Waals surface area (Å²) in [7, 11) is -3.38. The standard InChI is InChI=1S/C19H30N4O4S/c1-19(2,3)27-18(24)21-12-15(13-21)28(25,26)22-9-6-14(7-10-22)16-11-20-17-5-4-8-23(16)17/h11,14-15H,4-10,12-13H2,1-3H3. The van der Waals surface area contributed by atoms with Gasteiger partial charge in [0.05, 0.1) is 0 Å². The van der Waals surface area contributed by atoms with Crippen molar-refractivity contribution in [3.05, 3.63) is 17.7 Å². The fraction of sp³-hybridized carbons (Fsp3) is 0.789. The van der Waals surface area contributed by atoms with Gasteiger partial charge < -0.3 is 14.2 Å². The van der Waals surface area contributed by atoms with E-state index in [0.717, 1.165) is 32.2 Å². The zero-order valence-corrected chi connectivity index (χ0v) is 17.7. The van der Waals surface area contributed by atoms with E-state index >= 15 is 0 Å². The maximum absolute atomic E-state index is 12.9. The van der Waals surface area contributed by atoms with Gasteiger partial charge >= 0.3 is 6.09 Å². The highest BCUT2D eigenvalue weighted by molar-refractivity contribution is 7.89. The molecule has 0 unspecified atom stereocenters. The molecule has 0 aromatic carbocycles. The van der Waals surface area contributed by atoms with Gasteiger partial charge in [-0.2, -0.15) is 0 Å². The van der Waals surface area contributed by atoms with Crippen molar-refractivity contribution < 1.29 is 17.9 Å². The Balaban J connectivity index is 1.31. The molecule has 9 heteroatoms. The third-order valence-corrected chi connectivity index (χ3v) is 8.13. The molecule has 3 aliphatic rings. The van der Waals surface area contributed by atoms with Gasteiger partial charge in [0.1, 0.15) is 16.7 Å². The van der Waals surface area contributed by atoms with E-state index in [1.54, 1.807) is 25.1 Å². The fourth-order valence-electron chi connectivity index (χ4n) is 4.33. The molecule has 0 N–H and O–H groups in total. The van der Waals surface area contributed by atoms with Crippen LogP contribution in [0.15, 0.2) is 6.20 Å². The Hall–Kier alpha value is -1.61. The lowest BCUT2D eigenvalue weighted by Crippen LogP contribution is -2.61. The second-order valence-corrected chi connectivity index (χ2v) is 11.3. The summed E-state index contributed by atoms with van der Waals surface area (Å²) >= 11 is 0. The predicted molar refractivity (Wildman–Crippen MR) is 105 cm³/mol.